The van der Waals surface area contributed by atoms with Gasteiger partial charge in [-0.2, -0.15) is 0 Å². The Hall–Kier alpha value is -3.01. The van der Waals surface area contributed by atoms with E-state index in [1.165, 1.54) is 42.5 Å². The summed E-state index contributed by atoms with van der Waals surface area (Å²) in [6.07, 6.45) is 6.43. The largest absolute Gasteiger partial charge is 0.497 e. The van der Waals surface area contributed by atoms with Crippen LogP contribution >= 0.6 is 0 Å². The average molecular weight is 389 g/mol. The monoisotopic (exact) mass is 389 g/mol. The second-order valence-corrected chi connectivity index (χ2v) is 7.94. The zero-order chi connectivity index (χ0) is 20.0. The van der Waals surface area contributed by atoms with Crippen molar-refractivity contribution in [3.8, 4) is 11.5 Å². The summed E-state index contributed by atoms with van der Waals surface area (Å²) in [5.41, 5.74) is 1.87. The molecule has 3 aromatic rings. The Kier molecular flexibility index (Phi) is 4.23. The van der Waals surface area contributed by atoms with Gasteiger partial charge in [-0.3, -0.25) is 0 Å². The Labute approximate surface area is 170 Å². The summed E-state index contributed by atoms with van der Waals surface area (Å²) < 4.78 is 26.4. The predicted octanol–water partition coefficient (Wildman–Crippen LogP) is 5.91. The summed E-state index contributed by atoms with van der Waals surface area (Å²) in [7, 11) is 1.54. The first-order valence-electron chi connectivity index (χ1n) is 10.1. The molecule has 5 rings (SSSR count). The number of benzene rings is 3. The second-order valence-electron chi connectivity index (χ2n) is 7.94. The van der Waals surface area contributed by atoms with Gasteiger partial charge in [0, 0.05) is 47.4 Å². The Morgan fingerprint density at radius 2 is 1.79 bits per heavy atom. The second kappa shape index (κ2) is 6.80. The van der Waals surface area contributed by atoms with E-state index in [1.807, 2.05) is 13.0 Å². The highest BCUT2D eigenvalue weighted by Crippen LogP contribution is 2.45. The molecule has 3 aromatic carbocycles. The van der Waals surface area contributed by atoms with E-state index in [9.17, 15) is 4.39 Å². The molecule has 2 aliphatic rings. The van der Waals surface area contributed by atoms with Gasteiger partial charge in [-0.05, 0) is 43.4 Å². The zero-order valence-corrected chi connectivity index (χ0v) is 16.7. The van der Waals surface area contributed by atoms with Gasteiger partial charge in [0.2, 0.25) is 0 Å². The normalized spacial score (nSPS) is 20.6. The zero-order valence-electron chi connectivity index (χ0n) is 16.7. The van der Waals surface area contributed by atoms with E-state index in [4.69, 9.17) is 9.47 Å². The molecule has 2 aliphatic heterocycles. The number of fused-ring (bicyclic) bond motifs is 3. The molecule has 0 saturated carbocycles. The van der Waals surface area contributed by atoms with Gasteiger partial charge in [0.1, 0.15) is 17.3 Å². The van der Waals surface area contributed by atoms with Crippen molar-refractivity contribution in [3.05, 3.63) is 71.6 Å². The molecule has 1 atom stereocenters. The highest BCUT2D eigenvalue weighted by atomic mass is 19.1. The molecule has 4 heteroatoms. The van der Waals surface area contributed by atoms with Gasteiger partial charge in [0.25, 0.3) is 0 Å². The van der Waals surface area contributed by atoms with Gasteiger partial charge in [-0.25, -0.2) is 4.39 Å². The molecule has 148 valence electrons. The summed E-state index contributed by atoms with van der Waals surface area (Å²) in [5, 5.41) is 2.40. The first-order chi connectivity index (χ1) is 14.1. The van der Waals surface area contributed by atoms with Crippen LogP contribution in [0.3, 0.4) is 0 Å². The van der Waals surface area contributed by atoms with Crippen LogP contribution in [0, 0.1) is 5.82 Å². The number of halogens is 1. The highest BCUT2D eigenvalue weighted by Gasteiger charge is 2.34. The van der Waals surface area contributed by atoms with E-state index in [0.29, 0.717) is 11.3 Å². The molecule has 0 aromatic heterocycles. The van der Waals surface area contributed by atoms with Crippen molar-refractivity contribution in [3.63, 3.8) is 0 Å². The van der Waals surface area contributed by atoms with Crippen molar-refractivity contribution in [2.75, 3.05) is 25.1 Å². The van der Waals surface area contributed by atoms with Gasteiger partial charge in [0.15, 0.2) is 5.60 Å². The summed E-state index contributed by atoms with van der Waals surface area (Å²) in [4.78, 5) is 2.43. The molecule has 0 N–H and O–H groups in total. The standard InChI is InChI=1S/C25H24FNO2/c1-25(21-10-9-17(28-2)15-22(21)26)12-11-20-18-7-3-4-8-19(18)23(16-24(20)29-25)27-13-5-6-14-27/h3-4,7-12,15-16H,5-6,13-14H2,1-2H3. The minimum Gasteiger partial charge on any atom is -0.497 e. The lowest BCUT2D eigenvalue weighted by Gasteiger charge is -2.34. The molecule has 0 bridgehead atoms. The van der Waals surface area contributed by atoms with Crippen molar-refractivity contribution in [1.29, 1.82) is 0 Å². The lowest BCUT2D eigenvalue weighted by molar-refractivity contribution is 0.134. The van der Waals surface area contributed by atoms with E-state index in [2.05, 4.69) is 41.3 Å². The summed E-state index contributed by atoms with van der Waals surface area (Å²) >= 11 is 0. The third kappa shape index (κ3) is 2.94. The fraction of sp³-hybridized carbons (Fsp3) is 0.280. The van der Waals surface area contributed by atoms with Crippen molar-refractivity contribution in [2.45, 2.75) is 25.4 Å². The van der Waals surface area contributed by atoms with E-state index >= 15 is 0 Å². The summed E-state index contributed by atoms with van der Waals surface area (Å²) in [6, 6.07) is 15.5. The molecule has 2 heterocycles. The van der Waals surface area contributed by atoms with Crippen molar-refractivity contribution in [1.82, 2.24) is 0 Å². The summed E-state index contributed by atoms with van der Waals surface area (Å²) in [6.45, 7) is 4.02. The molecule has 1 saturated heterocycles. The topological polar surface area (TPSA) is 21.7 Å². The summed E-state index contributed by atoms with van der Waals surface area (Å²) in [5.74, 6) is 0.962. The minimum atomic E-state index is -0.881. The Bertz CT molecular complexity index is 1120. The lowest BCUT2D eigenvalue weighted by atomic mass is 9.90. The molecular weight excluding hydrogens is 365 g/mol. The number of hydrogen-bond donors (Lipinski definition) is 0. The molecule has 1 fully saturated rings. The first-order valence-corrected chi connectivity index (χ1v) is 10.1. The maximum Gasteiger partial charge on any atom is 0.153 e. The number of methoxy groups -OCH3 is 1. The number of anilines is 1. The Balaban J connectivity index is 1.64. The van der Waals surface area contributed by atoms with Crippen molar-refractivity contribution >= 4 is 22.5 Å². The lowest BCUT2D eigenvalue weighted by Crippen LogP contribution is -2.30. The van der Waals surface area contributed by atoms with Gasteiger partial charge in [0.05, 0.1) is 7.11 Å². The third-order valence-electron chi connectivity index (χ3n) is 6.07. The van der Waals surface area contributed by atoms with Gasteiger partial charge < -0.3 is 14.4 Å². The molecule has 29 heavy (non-hydrogen) atoms. The van der Waals surface area contributed by atoms with Crippen molar-refractivity contribution in [2.24, 2.45) is 0 Å². The molecule has 1 unspecified atom stereocenters. The maximum absolute atomic E-state index is 14.8. The first kappa shape index (κ1) is 18.0. The van der Waals surface area contributed by atoms with Crippen LogP contribution in [-0.4, -0.2) is 20.2 Å². The van der Waals surface area contributed by atoms with Crippen LogP contribution in [0.2, 0.25) is 0 Å². The van der Waals surface area contributed by atoms with E-state index in [-0.39, 0.29) is 5.82 Å². The van der Waals surface area contributed by atoms with E-state index < -0.39 is 5.60 Å². The molecule has 0 aliphatic carbocycles. The number of ether oxygens (including phenoxy) is 2. The number of rotatable bonds is 3. The van der Waals surface area contributed by atoms with Crippen LogP contribution in [0.5, 0.6) is 11.5 Å². The molecule has 0 amide bonds. The molecular formula is C25H24FNO2. The fourth-order valence-electron chi connectivity index (χ4n) is 4.50. The van der Waals surface area contributed by atoms with Gasteiger partial charge >= 0.3 is 0 Å². The third-order valence-corrected chi connectivity index (χ3v) is 6.07. The Morgan fingerprint density at radius 3 is 2.52 bits per heavy atom. The molecule has 0 radical (unpaired) electrons. The highest BCUT2D eigenvalue weighted by molar-refractivity contribution is 6.02. The smallest absolute Gasteiger partial charge is 0.153 e. The number of nitrogens with zero attached hydrogens (tertiary/aromatic N) is 1. The maximum atomic E-state index is 14.8. The van der Waals surface area contributed by atoms with E-state index in [0.717, 1.165) is 24.4 Å². The number of hydrogen-bond acceptors (Lipinski definition) is 3. The van der Waals surface area contributed by atoms with E-state index in [1.54, 1.807) is 12.1 Å². The fourth-order valence-corrected chi connectivity index (χ4v) is 4.50. The molecule has 0 spiro atoms. The molecule has 3 nitrogen and oxygen atoms in total. The minimum absolute atomic E-state index is 0.333. The quantitative estimate of drug-likeness (QED) is 0.556. The van der Waals surface area contributed by atoms with Gasteiger partial charge in [-0.1, -0.05) is 30.3 Å². The predicted molar refractivity (Wildman–Crippen MR) is 115 cm³/mol. The van der Waals surface area contributed by atoms with Crippen LogP contribution in [0.1, 0.15) is 30.9 Å². The Morgan fingerprint density at radius 1 is 1.03 bits per heavy atom. The van der Waals surface area contributed by atoms with Crippen molar-refractivity contribution < 1.29 is 13.9 Å². The van der Waals surface area contributed by atoms with Crippen LogP contribution in [-0.2, 0) is 5.60 Å². The SMILES string of the molecule is COc1ccc(C2(C)C=Cc3c(cc(N4CCCC4)c4ccccc34)O2)c(F)c1. The van der Waals surface area contributed by atoms with Crippen LogP contribution < -0.4 is 14.4 Å². The van der Waals surface area contributed by atoms with Gasteiger partial charge in [-0.15, -0.1) is 0 Å². The average Bonchev–Trinajstić information content (AvgIpc) is 3.27. The van der Waals surface area contributed by atoms with Crippen LogP contribution in [0.4, 0.5) is 10.1 Å². The van der Waals surface area contributed by atoms with Crippen LogP contribution in [0.25, 0.3) is 16.8 Å². The van der Waals surface area contributed by atoms with Crippen LogP contribution in [0.15, 0.2) is 54.6 Å².